The maximum Gasteiger partial charge on any atom is 0.337 e. The molecular weight excluding hydrogens is 464 g/mol. The van der Waals surface area contributed by atoms with Crippen molar-refractivity contribution < 1.29 is 38.7 Å². The largest absolute Gasteiger partial charge is 0.501 e. The Morgan fingerprint density at radius 3 is 1.78 bits per heavy atom. The molecule has 198 valence electrons. The second-order valence-corrected chi connectivity index (χ2v) is 7.70. The fraction of sp³-hybridized carbons (Fsp3) is 0.429. The lowest BCUT2D eigenvalue weighted by Gasteiger charge is -2.05. The minimum Gasteiger partial charge on any atom is -0.501 e. The van der Waals surface area contributed by atoms with Crippen molar-refractivity contribution in [2.75, 3.05) is 47.3 Å². The van der Waals surface area contributed by atoms with Crippen molar-refractivity contribution in [1.82, 2.24) is 0 Å². The maximum absolute atomic E-state index is 11.2. The predicted octanol–water partition coefficient (Wildman–Crippen LogP) is 4.04. The van der Waals surface area contributed by atoms with Gasteiger partial charge in [0.15, 0.2) is 0 Å². The van der Waals surface area contributed by atoms with Crippen LogP contribution in [0.3, 0.4) is 0 Å². The normalized spacial score (nSPS) is 10.4. The van der Waals surface area contributed by atoms with Crippen LogP contribution in [0.5, 0.6) is 0 Å². The van der Waals surface area contributed by atoms with Gasteiger partial charge < -0.3 is 29.2 Å². The van der Waals surface area contributed by atoms with E-state index in [9.17, 15) is 9.59 Å². The average molecular weight is 503 g/mol. The molecule has 8 heteroatoms. The molecule has 0 aromatic heterocycles. The summed E-state index contributed by atoms with van der Waals surface area (Å²) in [5, 5.41) is 17.2. The highest BCUT2D eigenvalue weighted by Gasteiger charge is 2.04. The maximum atomic E-state index is 11.2. The molecule has 0 spiro atoms. The number of ether oxygens (including phenoxy) is 4. The Bertz CT molecular complexity index is 875. The third-order valence-corrected chi connectivity index (χ3v) is 4.97. The fourth-order valence-electron chi connectivity index (χ4n) is 2.87. The Morgan fingerprint density at radius 2 is 1.25 bits per heavy atom. The van der Waals surface area contributed by atoms with Gasteiger partial charge in [-0.05, 0) is 73.6 Å². The lowest BCUT2D eigenvalue weighted by Crippen LogP contribution is -2.03. The molecule has 0 aliphatic carbocycles. The van der Waals surface area contributed by atoms with Crippen LogP contribution in [0.4, 0.5) is 0 Å². The van der Waals surface area contributed by atoms with Crippen LogP contribution in [0.25, 0.3) is 6.08 Å². The summed E-state index contributed by atoms with van der Waals surface area (Å²) in [5.41, 5.74) is 3.17. The summed E-state index contributed by atoms with van der Waals surface area (Å²) in [6.07, 6.45) is 7.51. The zero-order valence-corrected chi connectivity index (χ0v) is 21.2. The lowest BCUT2D eigenvalue weighted by molar-refractivity contribution is 0.0592. The van der Waals surface area contributed by atoms with E-state index in [4.69, 9.17) is 19.7 Å². The number of methoxy groups -OCH3 is 2. The Kier molecular flexibility index (Phi) is 17.2. The molecule has 2 rings (SSSR count). The molecule has 0 amide bonds. The van der Waals surface area contributed by atoms with Gasteiger partial charge in [0.2, 0.25) is 0 Å². The highest BCUT2D eigenvalue weighted by atomic mass is 16.5. The average Bonchev–Trinajstić information content (AvgIpc) is 2.92. The van der Waals surface area contributed by atoms with E-state index < -0.39 is 0 Å². The Hall–Kier alpha value is -3.20. The third kappa shape index (κ3) is 13.6. The van der Waals surface area contributed by atoms with E-state index in [1.165, 1.54) is 14.2 Å². The van der Waals surface area contributed by atoms with Crippen LogP contribution in [-0.4, -0.2) is 69.4 Å². The monoisotopic (exact) mass is 502 g/mol. The number of rotatable bonds is 15. The van der Waals surface area contributed by atoms with Crippen LogP contribution in [0.15, 0.2) is 54.8 Å². The van der Waals surface area contributed by atoms with Gasteiger partial charge in [-0.25, -0.2) is 9.59 Å². The molecule has 36 heavy (non-hydrogen) atoms. The van der Waals surface area contributed by atoms with Gasteiger partial charge in [-0.3, -0.25) is 0 Å². The van der Waals surface area contributed by atoms with Crippen molar-refractivity contribution in [3.8, 4) is 0 Å². The number of aliphatic hydroxyl groups is 2. The second-order valence-electron chi connectivity index (χ2n) is 7.70. The summed E-state index contributed by atoms with van der Waals surface area (Å²) >= 11 is 0. The van der Waals surface area contributed by atoms with Crippen LogP contribution in [0, 0.1) is 0 Å². The van der Waals surface area contributed by atoms with Gasteiger partial charge in [0.1, 0.15) is 0 Å². The first-order chi connectivity index (χ1) is 17.5. The van der Waals surface area contributed by atoms with Gasteiger partial charge in [0.05, 0.1) is 44.8 Å². The first-order valence-corrected chi connectivity index (χ1v) is 12.0. The highest BCUT2D eigenvalue weighted by Crippen LogP contribution is 2.08. The summed E-state index contributed by atoms with van der Waals surface area (Å²) in [5.74, 6) is -0.660. The Balaban J connectivity index is 0.000000360. The SMILES string of the molecule is COC(=O)c1ccc(/C=C/OCCCCO)cc1.COC(=O)c1ccc(CCOCCCCO)cc1. The topological polar surface area (TPSA) is 112 Å². The van der Waals surface area contributed by atoms with E-state index in [0.29, 0.717) is 30.9 Å². The molecule has 8 nitrogen and oxygen atoms in total. The van der Waals surface area contributed by atoms with Crippen molar-refractivity contribution in [2.24, 2.45) is 0 Å². The summed E-state index contributed by atoms with van der Waals surface area (Å²) in [7, 11) is 2.73. The van der Waals surface area contributed by atoms with Gasteiger partial charge in [0, 0.05) is 19.8 Å². The molecule has 2 aromatic rings. The highest BCUT2D eigenvalue weighted by molar-refractivity contribution is 5.89. The van der Waals surface area contributed by atoms with E-state index >= 15 is 0 Å². The molecule has 2 N–H and O–H groups in total. The van der Waals surface area contributed by atoms with Gasteiger partial charge in [-0.2, -0.15) is 0 Å². The Labute approximate surface area is 213 Å². The van der Waals surface area contributed by atoms with Crippen molar-refractivity contribution in [3.05, 3.63) is 77.0 Å². The minimum absolute atomic E-state index is 0.196. The van der Waals surface area contributed by atoms with Crippen molar-refractivity contribution in [2.45, 2.75) is 32.1 Å². The van der Waals surface area contributed by atoms with Crippen LogP contribution in [-0.2, 0) is 25.4 Å². The van der Waals surface area contributed by atoms with Crippen LogP contribution in [0.2, 0.25) is 0 Å². The molecule has 0 saturated carbocycles. The fourth-order valence-corrected chi connectivity index (χ4v) is 2.87. The summed E-state index contributed by atoms with van der Waals surface area (Å²) in [4.78, 5) is 22.4. The molecule has 0 fully saturated rings. The molecule has 0 bridgehead atoms. The van der Waals surface area contributed by atoms with E-state index in [1.807, 2.05) is 30.3 Å². The molecule has 0 radical (unpaired) electrons. The van der Waals surface area contributed by atoms with Crippen molar-refractivity contribution in [3.63, 3.8) is 0 Å². The number of carbonyl (C=O) groups is 2. The predicted molar refractivity (Wildman–Crippen MR) is 138 cm³/mol. The number of benzene rings is 2. The number of carbonyl (C=O) groups excluding carboxylic acids is 2. The van der Waals surface area contributed by atoms with Gasteiger partial charge in [-0.1, -0.05) is 24.3 Å². The van der Waals surface area contributed by atoms with E-state index in [2.05, 4.69) is 9.47 Å². The number of esters is 2. The Morgan fingerprint density at radius 1 is 0.722 bits per heavy atom. The van der Waals surface area contributed by atoms with Gasteiger partial charge >= 0.3 is 11.9 Å². The second kappa shape index (κ2) is 20.0. The number of unbranched alkanes of at least 4 members (excludes halogenated alkanes) is 2. The molecule has 0 unspecified atom stereocenters. The van der Waals surface area contributed by atoms with E-state index in [-0.39, 0.29) is 25.2 Å². The molecule has 0 aliphatic rings. The molecule has 0 atom stereocenters. The molecule has 0 heterocycles. The minimum atomic E-state index is -0.342. The zero-order valence-electron chi connectivity index (χ0n) is 21.2. The first kappa shape index (κ1) is 30.8. The van der Waals surface area contributed by atoms with Crippen LogP contribution in [0.1, 0.15) is 57.5 Å². The zero-order chi connectivity index (χ0) is 26.4. The smallest absolute Gasteiger partial charge is 0.337 e. The molecule has 0 aliphatic heterocycles. The summed E-state index contributed by atoms with van der Waals surface area (Å²) in [6, 6.07) is 14.4. The number of hydrogen-bond acceptors (Lipinski definition) is 8. The van der Waals surface area contributed by atoms with E-state index in [0.717, 1.165) is 43.2 Å². The van der Waals surface area contributed by atoms with Gasteiger partial charge in [0.25, 0.3) is 0 Å². The van der Waals surface area contributed by atoms with Gasteiger partial charge in [-0.15, -0.1) is 0 Å². The summed E-state index contributed by atoms with van der Waals surface area (Å²) in [6.45, 7) is 2.35. The number of hydrogen-bond donors (Lipinski definition) is 2. The van der Waals surface area contributed by atoms with Crippen molar-refractivity contribution >= 4 is 18.0 Å². The third-order valence-electron chi connectivity index (χ3n) is 4.97. The van der Waals surface area contributed by atoms with Crippen LogP contribution >= 0.6 is 0 Å². The van der Waals surface area contributed by atoms with Crippen LogP contribution < -0.4 is 0 Å². The first-order valence-electron chi connectivity index (χ1n) is 12.0. The summed E-state index contributed by atoms with van der Waals surface area (Å²) < 4.78 is 19.9. The van der Waals surface area contributed by atoms with Crippen molar-refractivity contribution in [1.29, 1.82) is 0 Å². The van der Waals surface area contributed by atoms with E-state index in [1.54, 1.807) is 30.5 Å². The molecule has 0 saturated heterocycles. The number of aliphatic hydroxyl groups excluding tert-OH is 2. The molecular formula is C28H38O8. The standard InChI is InChI=1S/C14H20O4.C14H18O4/c2*1-17-14(16)13-6-4-12(5-7-13)8-11-18-10-3-2-9-15/h4-7,15H,2-3,8-11H2,1H3;4-8,11,15H,2-3,9-10H2,1H3/b;11-8+. The quantitative estimate of drug-likeness (QED) is 0.213. The molecule has 2 aromatic carbocycles. The lowest BCUT2D eigenvalue weighted by atomic mass is 10.1.